The van der Waals surface area contributed by atoms with Gasteiger partial charge in [-0.1, -0.05) is 0 Å². The fourth-order valence-corrected chi connectivity index (χ4v) is 5.83. The van der Waals surface area contributed by atoms with Crippen molar-refractivity contribution in [1.82, 2.24) is 19.8 Å². The number of hydrogen-bond acceptors (Lipinski definition) is 7. The maximum Gasteiger partial charge on any atom is 0.490 e. The summed E-state index contributed by atoms with van der Waals surface area (Å²) in [5.41, 5.74) is 1.08. The van der Waals surface area contributed by atoms with Crippen LogP contribution >= 0.6 is 22.7 Å². The maximum absolute atomic E-state index is 12.6. The largest absolute Gasteiger partial charge is 0.490 e. The van der Waals surface area contributed by atoms with E-state index in [2.05, 4.69) is 32.1 Å². The molecule has 1 unspecified atom stereocenters. The molecule has 2 aliphatic rings. The van der Waals surface area contributed by atoms with Gasteiger partial charge in [0.25, 0.3) is 0 Å². The molecule has 4 rings (SSSR count). The molecule has 0 aromatic carbocycles. The van der Waals surface area contributed by atoms with Gasteiger partial charge < -0.3 is 10.0 Å². The molecule has 2 aromatic rings. The molecule has 1 N–H and O–H groups in total. The number of hydrogen-bond donors (Lipinski definition) is 1. The first-order chi connectivity index (χ1) is 15.5. The smallest absolute Gasteiger partial charge is 0.475 e. The number of nitrogens with zero attached hydrogens (tertiary/aromatic N) is 4. The average Bonchev–Trinajstić information content (AvgIpc) is 3.37. The Morgan fingerprint density at radius 1 is 1.18 bits per heavy atom. The quantitative estimate of drug-likeness (QED) is 0.664. The summed E-state index contributed by atoms with van der Waals surface area (Å²) in [6, 6.07) is 0. The second kappa shape index (κ2) is 10.5. The van der Waals surface area contributed by atoms with Crippen LogP contribution in [0.25, 0.3) is 0 Å². The number of carboxylic acid groups (broad SMARTS) is 1. The van der Waals surface area contributed by atoms with Crippen LogP contribution in [-0.4, -0.2) is 61.6 Å². The first kappa shape index (κ1) is 25.6. The van der Waals surface area contributed by atoms with Gasteiger partial charge in [-0.05, 0) is 46.1 Å². The van der Waals surface area contributed by atoms with Crippen LogP contribution in [0.5, 0.6) is 0 Å². The topological polar surface area (TPSA) is 86.6 Å². The van der Waals surface area contributed by atoms with Crippen molar-refractivity contribution in [3.05, 3.63) is 32.2 Å². The number of amides is 1. The van der Waals surface area contributed by atoms with Crippen LogP contribution in [0.1, 0.15) is 52.7 Å². The number of carbonyl (C=O) groups excluding carboxylic acids is 1. The van der Waals surface area contributed by atoms with Gasteiger partial charge in [-0.3, -0.25) is 9.69 Å². The highest BCUT2D eigenvalue weighted by atomic mass is 32.1. The summed E-state index contributed by atoms with van der Waals surface area (Å²) >= 11 is 3.46. The SMILES string of the molecule is Cc1nc(CN2C(=O)CCC23CCCN(Cc2cnc(C)s2)CC3)cs1.O=C(O)C(F)(F)F. The molecular formula is C21H27F3N4O3S2. The molecule has 1 amide bonds. The van der Waals surface area contributed by atoms with E-state index < -0.39 is 12.1 Å². The highest BCUT2D eigenvalue weighted by Gasteiger charge is 2.45. The molecule has 2 aromatic heterocycles. The minimum absolute atomic E-state index is 0.0347. The zero-order chi connectivity index (χ0) is 24.2. The average molecular weight is 505 g/mol. The molecule has 182 valence electrons. The summed E-state index contributed by atoms with van der Waals surface area (Å²) in [4.78, 5) is 36.5. The molecule has 33 heavy (non-hydrogen) atoms. The van der Waals surface area contributed by atoms with E-state index in [0.29, 0.717) is 18.9 Å². The van der Waals surface area contributed by atoms with Gasteiger partial charge in [0.05, 0.1) is 22.3 Å². The van der Waals surface area contributed by atoms with E-state index in [1.807, 2.05) is 13.1 Å². The molecule has 7 nitrogen and oxygen atoms in total. The zero-order valence-electron chi connectivity index (χ0n) is 18.5. The molecule has 4 heterocycles. The third-order valence-electron chi connectivity index (χ3n) is 5.97. The number of carbonyl (C=O) groups is 2. The number of alkyl halides is 3. The molecule has 1 atom stereocenters. The van der Waals surface area contributed by atoms with Crippen molar-refractivity contribution in [2.45, 2.75) is 70.8 Å². The van der Waals surface area contributed by atoms with Crippen LogP contribution in [0.4, 0.5) is 13.2 Å². The van der Waals surface area contributed by atoms with Gasteiger partial charge in [0.2, 0.25) is 5.91 Å². The van der Waals surface area contributed by atoms with E-state index in [1.54, 1.807) is 22.7 Å². The monoisotopic (exact) mass is 504 g/mol. The number of rotatable bonds is 4. The van der Waals surface area contributed by atoms with Crippen LogP contribution in [0.3, 0.4) is 0 Å². The number of aromatic nitrogens is 2. The van der Waals surface area contributed by atoms with Crippen molar-refractivity contribution in [3.8, 4) is 0 Å². The van der Waals surface area contributed by atoms with Crippen LogP contribution in [0.15, 0.2) is 11.6 Å². The number of carboxylic acids is 1. The maximum atomic E-state index is 12.6. The molecular weight excluding hydrogens is 477 g/mol. The Kier molecular flexibility index (Phi) is 8.12. The lowest BCUT2D eigenvalue weighted by molar-refractivity contribution is -0.192. The molecule has 2 aliphatic heterocycles. The van der Waals surface area contributed by atoms with E-state index in [-0.39, 0.29) is 5.54 Å². The molecule has 1 spiro atoms. The van der Waals surface area contributed by atoms with Gasteiger partial charge in [0.1, 0.15) is 0 Å². The number of aryl methyl sites for hydroxylation is 2. The summed E-state index contributed by atoms with van der Waals surface area (Å²) in [6.45, 7) is 7.92. The molecule has 0 aliphatic carbocycles. The van der Waals surface area contributed by atoms with E-state index in [9.17, 15) is 18.0 Å². The Hall–Kier alpha value is -2.05. The van der Waals surface area contributed by atoms with Gasteiger partial charge in [-0.25, -0.2) is 14.8 Å². The fraction of sp³-hybridized carbons (Fsp3) is 0.619. The number of likely N-dealkylation sites (tertiary alicyclic amines) is 2. The Morgan fingerprint density at radius 2 is 1.91 bits per heavy atom. The lowest BCUT2D eigenvalue weighted by Gasteiger charge is -2.38. The van der Waals surface area contributed by atoms with Crippen molar-refractivity contribution >= 4 is 34.6 Å². The minimum atomic E-state index is -5.08. The first-order valence-electron chi connectivity index (χ1n) is 10.6. The van der Waals surface area contributed by atoms with Gasteiger partial charge in [-0.2, -0.15) is 13.2 Å². The molecule has 0 bridgehead atoms. The fourth-order valence-electron chi connectivity index (χ4n) is 4.38. The van der Waals surface area contributed by atoms with Crippen molar-refractivity contribution < 1.29 is 27.9 Å². The predicted molar refractivity (Wildman–Crippen MR) is 119 cm³/mol. The standard InChI is InChI=1S/C19H26N4OS2.C2HF3O2/c1-14-20-10-17(26-14)12-22-8-3-5-19(7-9-22)6-4-18(24)23(19)11-16-13-25-15(2)21-16;3-2(4,5)1(6)7/h10,13H,3-9,11-12H2,1-2H3;(H,6,7). The van der Waals surface area contributed by atoms with Gasteiger partial charge >= 0.3 is 12.1 Å². The van der Waals surface area contributed by atoms with Crippen LogP contribution < -0.4 is 0 Å². The highest BCUT2D eigenvalue weighted by Crippen LogP contribution is 2.40. The van der Waals surface area contributed by atoms with Crippen molar-refractivity contribution in [2.24, 2.45) is 0 Å². The van der Waals surface area contributed by atoms with E-state index >= 15 is 0 Å². The Balaban J connectivity index is 0.000000383. The molecule has 0 radical (unpaired) electrons. The van der Waals surface area contributed by atoms with Crippen LogP contribution in [0, 0.1) is 13.8 Å². The number of thiazole rings is 2. The Morgan fingerprint density at radius 3 is 2.48 bits per heavy atom. The Labute approximate surface area is 198 Å². The summed E-state index contributed by atoms with van der Waals surface area (Å²) < 4.78 is 31.7. The summed E-state index contributed by atoms with van der Waals surface area (Å²) in [6.07, 6.45) is 1.95. The zero-order valence-corrected chi connectivity index (χ0v) is 20.2. The molecule has 12 heteroatoms. The lowest BCUT2D eigenvalue weighted by Crippen LogP contribution is -2.46. The number of halogens is 3. The lowest BCUT2D eigenvalue weighted by atomic mass is 9.87. The first-order valence-corrected chi connectivity index (χ1v) is 12.3. The van der Waals surface area contributed by atoms with Gasteiger partial charge in [-0.15, -0.1) is 22.7 Å². The predicted octanol–water partition coefficient (Wildman–Crippen LogP) is 4.40. The third kappa shape index (κ3) is 6.73. The highest BCUT2D eigenvalue weighted by molar-refractivity contribution is 7.11. The molecule has 2 saturated heterocycles. The Bertz CT molecular complexity index is 978. The van der Waals surface area contributed by atoms with E-state index in [0.717, 1.165) is 61.0 Å². The minimum Gasteiger partial charge on any atom is -0.475 e. The second-order valence-corrected chi connectivity index (χ2v) is 10.7. The summed E-state index contributed by atoms with van der Waals surface area (Å²) in [5, 5.41) is 11.4. The van der Waals surface area contributed by atoms with Crippen LogP contribution in [0.2, 0.25) is 0 Å². The summed E-state index contributed by atoms with van der Waals surface area (Å²) in [7, 11) is 0. The van der Waals surface area contributed by atoms with E-state index in [4.69, 9.17) is 9.90 Å². The molecule has 2 fully saturated rings. The van der Waals surface area contributed by atoms with Gasteiger partial charge in [0.15, 0.2) is 0 Å². The number of aliphatic carboxylic acids is 1. The molecule has 0 saturated carbocycles. The van der Waals surface area contributed by atoms with Gasteiger partial charge in [0, 0.05) is 41.5 Å². The third-order valence-corrected chi connectivity index (χ3v) is 7.69. The summed E-state index contributed by atoms with van der Waals surface area (Å²) in [5.74, 6) is -2.45. The van der Waals surface area contributed by atoms with Crippen molar-refractivity contribution in [3.63, 3.8) is 0 Å². The second-order valence-electron chi connectivity index (χ2n) is 8.34. The van der Waals surface area contributed by atoms with Crippen molar-refractivity contribution in [1.29, 1.82) is 0 Å². The van der Waals surface area contributed by atoms with Crippen molar-refractivity contribution in [2.75, 3.05) is 13.1 Å². The normalized spacial score (nSPS) is 21.7. The van der Waals surface area contributed by atoms with E-state index in [1.165, 1.54) is 4.88 Å². The van der Waals surface area contributed by atoms with Crippen LogP contribution in [-0.2, 0) is 22.7 Å².